The summed E-state index contributed by atoms with van der Waals surface area (Å²) in [5, 5.41) is 0. The standard InChI is InChI=1S/C9H10N2O/c1-7(8(2)12)3-9-4-10-6-11-5-9/h3-6H,1-2H3/b7-3+. The van der Waals surface area contributed by atoms with E-state index in [9.17, 15) is 4.79 Å². The molecular weight excluding hydrogens is 152 g/mol. The van der Waals surface area contributed by atoms with Crippen molar-refractivity contribution in [2.24, 2.45) is 0 Å². The Morgan fingerprint density at radius 2 is 1.92 bits per heavy atom. The number of nitrogens with zero attached hydrogens (tertiary/aromatic N) is 2. The van der Waals surface area contributed by atoms with Crippen LogP contribution in [0.2, 0.25) is 0 Å². The third kappa shape index (κ3) is 2.27. The first-order valence-electron chi connectivity index (χ1n) is 3.64. The zero-order valence-corrected chi connectivity index (χ0v) is 7.11. The van der Waals surface area contributed by atoms with Gasteiger partial charge in [0, 0.05) is 18.0 Å². The Balaban J connectivity index is 2.89. The number of rotatable bonds is 2. The van der Waals surface area contributed by atoms with E-state index >= 15 is 0 Å². The first-order chi connectivity index (χ1) is 5.70. The molecule has 0 spiro atoms. The molecular formula is C9H10N2O. The molecule has 0 atom stereocenters. The number of ketones is 1. The molecule has 0 radical (unpaired) electrons. The highest BCUT2D eigenvalue weighted by atomic mass is 16.1. The molecule has 0 bridgehead atoms. The third-order valence-electron chi connectivity index (χ3n) is 1.52. The second-order valence-corrected chi connectivity index (χ2v) is 2.56. The van der Waals surface area contributed by atoms with Crippen molar-refractivity contribution in [3.05, 3.63) is 29.9 Å². The second-order valence-electron chi connectivity index (χ2n) is 2.56. The molecule has 0 amide bonds. The van der Waals surface area contributed by atoms with Crippen molar-refractivity contribution >= 4 is 11.9 Å². The molecule has 1 heterocycles. The number of aromatic nitrogens is 2. The van der Waals surface area contributed by atoms with Crippen molar-refractivity contribution < 1.29 is 4.79 Å². The molecule has 3 nitrogen and oxygen atoms in total. The van der Waals surface area contributed by atoms with E-state index in [1.807, 2.05) is 0 Å². The van der Waals surface area contributed by atoms with Gasteiger partial charge in [-0.25, -0.2) is 9.97 Å². The molecule has 1 rings (SSSR count). The minimum atomic E-state index is 0.0684. The topological polar surface area (TPSA) is 42.9 Å². The van der Waals surface area contributed by atoms with Crippen LogP contribution < -0.4 is 0 Å². The SMILES string of the molecule is CC(=O)/C(C)=C/c1cncnc1. The van der Waals surface area contributed by atoms with Crippen LogP contribution in [0.15, 0.2) is 24.3 Å². The van der Waals surface area contributed by atoms with Gasteiger partial charge >= 0.3 is 0 Å². The van der Waals surface area contributed by atoms with Crippen LogP contribution in [0.25, 0.3) is 6.08 Å². The van der Waals surface area contributed by atoms with Crippen molar-refractivity contribution in [3.63, 3.8) is 0 Å². The predicted octanol–water partition coefficient (Wildman–Crippen LogP) is 1.47. The maximum Gasteiger partial charge on any atom is 0.155 e. The van der Waals surface area contributed by atoms with Crippen LogP contribution in [0.4, 0.5) is 0 Å². The minimum Gasteiger partial charge on any atom is -0.295 e. The first kappa shape index (κ1) is 8.59. The van der Waals surface area contributed by atoms with Crippen LogP contribution in [0.5, 0.6) is 0 Å². The summed E-state index contributed by atoms with van der Waals surface area (Å²) in [7, 11) is 0. The highest BCUT2D eigenvalue weighted by Gasteiger charge is 1.95. The largest absolute Gasteiger partial charge is 0.295 e. The van der Waals surface area contributed by atoms with Gasteiger partial charge in [-0.05, 0) is 25.5 Å². The van der Waals surface area contributed by atoms with Gasteiger partial charge in [-0.1, -0.05) is 0 Å². The number of carbonyl (C=O) groups excluding carboxylic acids is 1. The maximum atomic E-state index is 10.8. The van der Waals surface area contributed by atoms with E-state index in [-0.39, 0.29) is 5.78 Å². The molecule has 1 aromatic rings. The lowest BCUT2D eigenvalue weighted by Gasteiger charge is -1.93. The molecule has 3 heteroatoms. The van der Waals surface area contributed by atoms with E-state index in [0.29, 0.717) is 5.57 Å². The van der Waals surface area contributed by atoms with Crippen LogP contribution in [-0.4, -0.2) is 15.8 Å². The Hall–Kier alpha value is -1.51. The molecule has 12 heavy (non-hydrogen) atoms. The lowest BCUT2D eigenvalue weighted by atomic mass is 10.1. The van der Waals surface area contributed by atoms with E-state index in [0.717, 1.165) is 5.56 Å². The molecule has 0 aliphatic heterocycles. The quantitative estimate of drug-likeness (QED) is 0.618. The molecule has 0 saturated carbocycles. The summed E-state index contributed by atoms with van der Waals surface area (Å²) >= 11 is 0. The normalized spacial score (nSPS) is 11.3. The van der Waals surface area contributed by atoms with Gasteiger partial charge in [-0.3, -0.25) is 4.79 Å². The number of allylic oxidation sites excluding steroid dienone is 1. The number of hydrogen-bond donors (Lipinski definition) is 0. The second kappa shape index (κ2) is 3.76. The molecule has 0 saturated heterocycles. The van der Waals surface area contributed by atoms with Gasteiger partial charge in [0.15, 0.2) is 5.78 Å². The van der Waals surface area contributed by atoms with Crippen LogP contribution in [0, 0.1) is 0 Å². The molecule has 0 aliphatic carbocycles. The molecule has 0 aromatic carbocycles. The molecule has 0 aliphatic rings. The number of carbonyl (C=O) groups is 1. The summed E-state index contributed by atoms with van der Waals surface area (Å²) in [6, 6.07) is 0. The van der Waals surface area contributed by atoms with E-state index in [1.165, 1.54) is 13.3 Å². The average Bonchev–Trinajstić information content (AvgIpc) is 2.06. The van der Waals surface area contributed by atoms with Crippen LogP contribution in [0.1, 0.15) is 19.4 Å². The fourth-order valence-corrected chi connectivity index (χ4v) is 0.737. The third-order valence-corrected chi connectivity index (χ3v) is 1.52. The zero-order valence-electron chi connectivity index (χ0n) is 7.11. The van der Waals surface area contributed by atoms with Gasteiger partial charge in [0.2, 0.25) is 0 Å². The Morgan fingerprint density at radius 1 is 1.33 bits per heavy atom. The van der Waals surface area contributed by atoms with Crippen LogP contribution >= 0.6 is 0 Å². The zero-order chi connectivity index (χ0) is 8.97. The summed E-state index contributed by atoms with van der Waals surface area (Å²) in [5.41, 5.74) is 1.56. The van der Waals surface area contributed by atoms with E-state index in [1.54, 1.807) is 25.4 Å². The van der Waals surface area contributed by atoms with Crippen molar-refractivity contribution in [1.82, 2.24) is 9.97 Å². The molecule has 62 valence electrons. The summed E-state index contributed by atoms with van der Waals surface area (Å²) in [5.74, 6) is 0.0684. The van der Waals surface area contributed by atoms with Crippen LogP contribution in [0.3, 0.4) is 0 Å². The van der Waals surface area contributed by atoms with Crippen molar-refractivity contribution in [2.75, 3.05) is 0 Å². The van der Waals surface area contributed by atoms with Gasteiger partial charge in [-0.15, -0.1) is 0 Å². The van der Waals surface area contributed by atoms with Gasteiger partial charge in [0.25, 0.3) is 0 Å². The summed E-state index contributed by atoms with van der Waals surface area (Å²) in [6.07, 6.45) is 6.56. The molecule has 1 aromatic heterocycles. The van der Waals surface area contributed by atoms with Gasteiger partial charge < -0.3 is 0 Å². The summed E-state index contributed by atoms with van der Waals surface area (Å²) < 4.78 is 0. The fraction of sp³-hybridized carbons (Fsp3) is 0.222. The Bertz CT molecular complexity index is 304. The van der Waals surface area contributed by atoms with E-state index in [4.69, 9.17) is 0 Å². The highest BCUT2D eigenvalue weighted by Crippen LogP contribution is 2.03. The monoisotopic (exact) mass is 162 g/mol. The van der Waals surface area contributed by atoms with Crippen molar-refractivity contribution in [3.8, 4) is 0 Å². The number of Topliss-reactive ketones (excluding diaryl/α,β-unsaturated/α-hetero) is 1. The van der Waals surface area contributed by atoms with Gasteiger partial charge in [0.1, 0.15) is 6.33 Å². The summed E-state index contributed by atoms with van der Waals surface area (Å²) in [6.45, 7) is 3.31. The lowest BCUT2D eigenvalue weighted by molar-refractivity contribution is -0.113. The van der Waals surface area contributed by atoms with Crippen LogP contribution in [-0.2, 0) is 4.79 Å². The highest BCUT2D eigenvalue weighted by molar-refractivity contribution is 5.96. The Morgan fingerprint density at radius 3 is 2.42 bits per heavy atom. The molecule has 0 N–H and O–H groups in total. The summed E-state index contributed by atoms with van der Waals surface area (Å²) in [4.78, 5) is 18.5. The maximum absolute atomic E-state index is 10.8. The smallest absolute Gasteiger partial charge is 0.155 e. The van der Waals surface area contributed by atoms with Gasteiger partial charge in [-0.2, -0.15) is 0 Å². The van der Waals surface area contributed by atoms with E-state index < -0.39 is 0 Å². The Labute approximate surface area is 71.2 Å². The predicted molar refractivity (Wildman–Crippen MR) is 46.4 cm³/mol. The van der Waals surface area contributed by atoms with E-state index in [2.05, 4.69) is 9.97 Å². The first-order valence-corrected chi connectivity index (χ1v) is 3.64. The number of hydrogen-bond acceptors (Lipinski definition) is 3. The minimum absolute atomic E-state index is 0.0684. The average molecular weight is 162 g/mol. The van der Waals surface area contributed by atoms with Crippen molar-refractivity contribution in [1.29, 1.82) is 0 Å². The fourth-order valence-electron chi connectivity index (χ4n) is 0.737. The van der Waals surface area contributed by atoms with Gasteiger partial charge in [0.05, 0.1) is 0 Å². The van der Waals surface area contributed by atoms with Crippen molar-refractivity contribution in [2.45, 2.75) is 13.8 Å². The molecule has 0 unspecified atom stereocenters. The lowest BCUT2D eigenvalue weighted by Crippen LogP contribution is -1.91. The molecule has 0 fully saturated rings. The Kier molecular flexibility index (Phi) is 2.69.